The summed E-state index contributed by atoms with van der Waals surface area (Å²) in [5.41, 5.74) is 5.17. The average Bonchev–Trinajstić information content (AvgIpc) is 3.11. The Morgan fingerprint density at radius 3 is 2.62 bits per heavy atom. The van der Waals surface area contributed by atoms with Crippen molar-refractivity contribution in [3.63, 3.8) is 0 Å². The minimum absolute atomic E-state index is 0.111. The molecule has 0 aliphatic heterocycles. The van der Waals surface area contributed by atoms with Gasteiger partial charge in [-0.1, -0.05) is 6.07 Å². The molecule has 2 atom stereocenters. The average molecular weight is 371 g/mol. The van der Waals surface area contributed by atoms with Gasteiger partial charge in [-0.05, 0) is 75.2 Å². The van der Waals surface area contributed by atoms with E-state index in [1.54, 1.807) is 11.3 Å². The maximum atomic E-state index is 12.1. The molecule has 5 nitrogen and oxygen atoms in total. The molecule has 5 rings (SSSR count). The van der Waals surface area contributed by atoms with Crippen LogP contribution in [0.15, 0.2) is 22.5 Å². The van der Waals surface area contributed by atoms with E-state index in [2.05, 4.69) is 35.6 Å². The number of amidine groups is 1. The third-order valence-electron chi connectivity index (χ3n) is 6.99. The lowest BCUT2D eigenvalue weighted by atomic mass is 9.47. The van der Waals surface area contributed by atoms with Gasteiger partial charge in [-0.3, -0.25) is 4.79 Å². The van der Waals surface area contributed by atoms with Crippen LogP contribution in [0.4, 0.5) is 0 Å². The third-order valence-corrected chi connectivity index (χ3v) is 8.18. The van der Waals surface area contributed by atoms with Crippen LogP contribution in [0.2, 0.25) is 0 Å². The van der Waals surface area contributed by atoms with Crippen molar-refractivity contribution in [1.29, 1.82) is 5.26 Å². The highest BCUT2D eigenvalue weighted by atomic mass is 32.1. The number of nitrogens with one attached hydrogen (secondary N) is 1. The van der Waals surface area contributed by atoms with E-state index in [1.165, 1.54) is 4.88 Å². The van der Waals surface area contributed by atoms with Crippen LogP contribution in [0, 0.1) is 34.6 Å². The summed E-state index contributed by atoms with van der Waals surface area (Å²) in [6, 6.07) is 4.41. The zero-order valence-corrected chi connectivity index (χ0v) is 16.2. The maximum absolute atomic E-state index is 12.1. The fourth-order valence-electron chi connectivity index (χ4n) is 5.87. The Kier molecular flexibility index (Phi) is 4.11. The molecule has 6 heteroatoms. The van der Waals surface area contributed by atoms with Gasteiger partial charge in [-0.25, -0.2) is 0 Å². The molecule has 1 amide bonds. The van der Waals surface area contributed by atoms with Crippen molar-refractivity contribution in [1.82, 2.24) is 5.32 Å². The molecule has 4 aliphatic rings. The van der Waals surface area contributed by atoms with E-state index in [0.29, 0.717) is 17.8 Å². The lowest BCUT2D eigenvalue weighted by Gasteiger charge is -2.59. The van der Waals surface area contributed by atoms with Crippen LogP contribution in [0.3, 0.4) is 0 Å². The van der Waals surface area contributed by atoms with Gasteiger partial charge in [0.25, 0.3) is 0 Å². The van der Waals surface area contributed by atoms with Crippen molar-refractivity contribution in [3.8, 4) is 6.19 Å². The van der Waals surface area contributed by atoms with Crippen LogP contribution in [0.5, 0.6) is 0 Å². The Morgan fingerprint density at radius 1 is 1.38 bits per heavy atom. The Morgan fingerprint density at radius 2 is 2.08 bits per heavy atom. The van der Waals surface area contributed by atoms with Crippen LogP contribution < -0.4 is 11.1 Å². The standard InChI is InChI=1S/C20H26N4OS/c1-19(2,15-4-3-5-26-15)18(23-11-21)24-16-13-6-12-7-14(16)10-20(8-12,9-13)17(22)25/h3-5,12-14,16H,6-10H2,1-2H3,(H2,22,25)(H,23,24). The zero-order valence-electron chi connectivity index (χ0n) is 15.4. The third kappa shape index (κ3) is 2.64. The molecule has 4 aliphatic carbocycles. The van der Waals surface area contributed by atoms with Crippen LogP contribution in [0.1, 0.15) is 50.8 Å². The Labute approximate surface area is 158 Å². The number of thiophene rings is 1. The van der Waals surface area contributed by atoms with Crippen molar-refractivity contribution in [2.75, 3.05) is 0 Å². The van der Waals surface area contributed by atoms with Crippen molar-refractivity contribution in [2.45, 2.75) is 57.4 Å². The Hall–Kier alpha value is -1.87. The molecule has 4 bridgehead atoms. The second kappa shape index (κ2) is 6.09. The molecule has 26 heavy (non-hydrogen) atoms. The molecule has 138 valence electrons. The van der Waals surface area contributed by atoms with E-state index in [4.69, 9.17) is 5.73 Å². The number of hydrogen-bond donors (Lipinski definition) is 2. The Balaban J connectivity index is 1.60. The summed E-state index contributed by atoms with van der Waals surface area (Å²) in [7, 11) is 0. The van der Waals surface area contributed by atoms with Gasteiger partial charge in [0.15, 0.2) is 0 Å². The molecule has 2 unspecified atom stereocenters. The number of nitrogens with zero attached hydrogens (tertiary/aromatic N) is 2. The summed E-state index contributed by atoms with van der Waals surface area (Å²) in [5.74, 6) is 2.14. The lowest BCUT2D eigenvalue weighted by Crippen LogP contribution is -2.63. The van der Waals surface area contributed by atoms with Crippen LogP contribution in [0.25, 0.3) is 0 Å². The number of nitriles is 1. The number of carbonyl (C=O) groups excluding carboxylic acids is 1. The first-order valence-corrected chi connectivity index (χ1v) is 10.3. The highest BCUT2D eigenvalue weighted by Gasteiger charge is 2.58. The van der Waals surface area contributed by atoms with Gasteiger partial charge < -0.3 is 11.1 Å². The van der Waals surface area contributed by atoms with Gasteiger partial charge in [-0.2, -0.15) is 10.3 Å². The molecule has 4 saturated carbocycles. The predicted octanol–water partition coefficient (Wildman–Crippen LogP) is 3.18. The second-order valence-corrected chi connectivity index (χ2v) is 9.90. The largest absolute Gasteiger partial charge is 0.369 e. The monoisotopic (exact) mass is 370 g/mol. The summed E-state index contributed by atoms with van der Waals surface area (Å²) < 4.78 is 0. The summed E-state index contributed by atoms with van der Waals surface area (Å²) >= 11 is 1.69. The van der Waals surface area contributed by atoms with Crippen molar-refractivity contribution in [2.24, 2.45) is 33.9 Å². The first-order chi connectivity index (χ1) is 12.4. The number of amides is 1. The normalized spacial score (nSPS) is 36.0. The quantitative estimate of drug-likeness (QED) is 0.484. The number of hydrogen-bond acceptors (Lipinski definition) is 4. The summed E-state index contributed by atoms with van der Waals surface area (Å²) in [6.45, 7) is 4.23. The first kappa shape index (κ1) is 17.5. The van der Waals surface area contributed by atoms with Gasteiger partial charge in [0.2, 0.25) is 12.1 Å². The predicted molar refractivity (Wildman–Crippen MR) is 102 cm³/mol. The molecule has 1 aromatic rings. The van der Waals surface area contributed by atoms with E-state index in [0.717, 1.165) is 37.9 Å². The SMILES string of the molecule is CC(C)(/C(=N\C#N)NC1C2CC3CC1CC(C(N)=O)(C3)C2)c1cccs1. The second-order valence-electron chi connectivity index (χ2n) is 8.95. The summed E-state index contributed by atoms with van der Waals surface area (Å²) in [4.78, 5) is 17.5. The molecular formula is C20H26N4OS. The van der Waals surface area contributed by atoms with Gasteiger partial charge in [0, 0.05) is 16.3 Å². The van der Waals surface area contributed by atoms with E-state index < -0.39 is 0 Å². The molecule has 0 aromatic carbocycles. The molecule has 1 heterocycles. The fraction of sp³-hybridized carbons (Fsp3) is 0.650. The Bertz CT molecular complexity index is 760. The molecular weight excluding hydrogens is 344 g/mol. The minimum Gasteiger partial charge on any atom is -0.369 e. The van der Waals surface area contributed by atoms with Gasteiger partial charge >= 0.3 is 0 Å². The first-order valence-electron chi connectivity index (χ1n) is 9.43. The lowest BCUT2D eigenvalue weighted by molar-refractivity contribution is -0.145. The van der Waals surface area contributed by atoms with Crippen molar-refractivity contribution in [3.05, 3.63) is 22.4 Å². The van der Waals surface area contributed by atoms with E-state index in [9.17, 15) is 10.1 Å². The molecule has 3 N–H and O–H groups in total. The van der Waals surface area contributed by atoms with Crippen molar-refractivity contribution < 1.29 is 4.79 Å². The topological polar surface area (TPSA) is 91.3 Å². The highest BCUT2D eigenvalue weighted by molar-refractivity contribution is 7.10. The van der Waals surface area contributed by atoms with Crippen LogP contribution >= 0.6 is 11.3 Å². The zero-order chi connectivity index (χ0) is 18.5. The maximum Gasteiger partial charge on any atom is 0.223 e. The highest BCUT2D eigenvalue weighted by Crippen LogP contribution is 2.60. The summed E-state index contributed by atoms with van der Waals surface area (Å²) in [6.07, 6.45) is 7.04. The number of primary amides is 1. The molecule has 0 radical (unpaired) electrons. The minimum atomic E-state index is -0.333. The molecule has 1 aromatic heterocycles. The number of nitrogens with two attached hydrogens (primary N) is 1. The van der Waals surface area contributed by atoms with E-state index in [1.807, 2.05) is 12.3 Å². The number of rotatable bonds is 4. The molecule has 4 fully saturated rings. The fourth-order valence-corrected chi connectivity index (χ4v) is 6.73. The molecule has 0 spiro atoms. The van der Waals surface area contributed by atoms with Gasteiger partial charge in [0.1, 0.15) is 5.84 Å². The molecule has 0 saturated heterocycles. The number of carbonyl (C=O) groups is 1. The van der Waals surface area contributed by atoms with E-state index >= 15 is 0 Å². The summed E-state index contributed by atoms with van der Waals surface area (Å²) in [5, 5.41) is 15.0. The van der Waals surface area contributed by atoms with E-state index in [-0.39, 0.29) is 22.8 Å². The van der Waals surface area contributed by atoms with Crippen LogP contribution in [-0.2, 0) is 10.2 Å². The van der Waals surface area contributed by atoms with Crippen LogP contribution in [-0.4, -0.2) is 17.8 Å². The van der Waals surface area contributed by atoms with Crippen molar-refractivity contribution >= 4 is 23.1 Å². The van der Waals surface area contributed by atoms with Gasteiger partial charge in [-0.15, -0.1) is 11.3 Å². The number of aliphatic imine (C=N–C) groups is 1. The smallest absolute Gasteiger partial charge is 0.223 e. The van der Waals surface area contributed by atoms with Gasteiger partial charge in [0.05, 0.1) is 5.41 Å².